The van der Waals surface area contributed by atoms with E-state index < -0.39 is 30.1 Å². The van der Waals surface area contributed by atoms with Gasteiger partial charge in [0.1, 0.15) is 25.0 Å². The highest BCUT2D eigenvalue weighted by Gasteiger charge is 2.32. The van der Waals surface area contributed by atoms with Gasteiger partial charge >= 0.3 is 17.9 Å². The molecule has 8 heteroatoms. The van der Waals surface area contributed by atoms with E-state index in [1.807, 2.05) is 0 Å². The maximum Gasteiger partial charge on any atom is 0.308 e. The number of rotatable bonds is 6. The van der Waals surface area contributed by atoms with Crippen molar-refractivity contribution in [3.63, 3.8) is 0 Å². The first kappa shape index (κ1) is 19.4. The van der Waals surface area contributed by atoms with E-state index in [4.69, 9.17) is 18.9 Å². The molecule has 0 bridgehead atoms. The third kappa shape index (κ3) is 5.05. The molecule has 1 heterocycles. The first-order valence-corrected chi connectivity index (χ1v) is 8.07. The molecule has 1 aromatic carbocycles. The summed E-state index contributed by atoms with van der Waals surface area (Å²) >= 11 is 0. The quantitative estimate of drug-likeness (QED) is 0.558. The molecule has 0 spiro atoms. The molecule has 0 radical (unpaired) electrons. The number of hydrogen-bond acceptors (Lipinski definition) is 8. The first-order chi connectivity index (χ1) is 12.3. The zero-order valence-corrected chi connectivity index (χ0v) is 15.1. The molecule has 8 nitrogen and oxygen atoms in total. The molecule has 1 aliphatic heterocycles. The van der Waals surface area contributed by atoms with E-state index >= 15 is 0 Å². The molecule has 2 atom stereocenters. The van der Waals surface area contributed by atoms with Crippen LogP contribution in [0.25, 0.3) is 0 Å². The third-order valence-corrected chi connectivity index (χ3v) is 3.64. The van der Waals surface area contributed by atoms with Crippen LogP contribution >= 0.6 is 0 Å². The zero-order valence-electron chi connectivity index (χ0n) is 15.1. The summed E-state index contributed by atoms with van der Waals surface area (Å²) in [5, 5.41) is 0. The van der Waals surface area contributed by atoms with Crippen molar-refractivity contribution in [2.45, 2.75) is 39.8 Å². The Balaban J connectivity index is 2.22. The van der Waals surface area contributed by atoms with Gasteiger partial charge in [0.25, 0.3) is 0 Å². The van der Waals surface area contributed by atoms with E-state index in [1.165, 1.54) is 20.8 Å². The highest BCUT2D eigenvalue weighted by Crippen LogP contribution is 2.25. The Morgan fingerprint density at radius 2 is 1.92 bits per heavy atom. The average molecular weight is 363 g/mol. The number of carbonyl (C=O) groups is 3. The minimum atomic E-state index is -0.745. The first-order valence-electron chi connectivity index (χ1n) is 8.07. The van der Waals surface area contributed by atoms with E-state index in [2.05, 4.69) is 4.99 Å². The minimum Gasteiger partial charge on any atom is -0.475 e. The van der Waals surface area contributed by atoms with Crippen molar-refractivity contribution in [2.75, 3.05) is 13.2 Å². The van der Waals surface area contributed by atoms with Crippen LogP contribution in [-0.4, -0.2) is 49.2 Å². The van der Waals surface area contributed by atoms with E-state index in [1.54, 1.807) is 25.1 Å². The van der Waals surface area contributed by atoms with Gasteiger partial charge in [-0.05, 0) is 19.1 Å². The molecule has 0 saturated carbocycles. The lowest BCUT2D eigenvalue weighted by Crippen LogP contribution is -2.35. The minimum absolute atomic E-state index is 0.105. The second kappa shape index (κ2) is 8.46. The van der Waals surface area contributed by atoms with Crippen molar-refractivity contribution in [1.29, 1.82) is 0 Å². The van der Waals surface area contributed by atoms with E-state index in [9.17, 15) is 14.4 Å². The molecule has 2 rings (SSSR count). The Labute approximate surface area is 151 Å². The molecule has 0 N–H and O–H groups in total. The maximum atomic E-state index is 11.3. The van der Waals surface area contributed by atoms with Crippen LogP contribution < -0.4 is 4.74 Å². The predicted molar refractivity (Wildman–Crippen MR) is 91.0 cm³/mol. The normalized spacial score (nSPS) is 16.9. The fourth-order valence-electron chi connectivity index (χ4n) is 2.48. The average Bonchev–Trinajstić information content (AvgIpc) is 3.02. The number of esters is 3. The summed E-state index contributed by atoms with van der Waals surface area (Å²) in [7, 11) is 0. The van der Waals surface area contributed by atoms with Crippen LogP contribution in [0.1, 0.15) is 31.9 Å². The molecule has 0 amide bonds. The summed E-state index contributed by atoms with van der Waals surface area (Å²) in [6.45, 7) is 5.72. The van der Waals surface area contributed by atoms with Gasteiger partial charge in [-0.3, -0.25) is 14.4 Å². The van der Waals surface area contributed by atoms with Gasteiger partial charge in [-0.2, -0.15) is 0 Å². The summed E-state index contributed by atoms with van der Waals surface area (Å²) in [4.78, 5) is 38.0. The van der Waals surface area contributed by atoms with E-state index in [-0.39, 0.29) is 13.2 Å². The molecule has 0 aromatic heterocycles. The highest BCUT2D eigenvalue weighted by molar-refractivity contribution is 5.97. The van der Waals surface area contributed by atoms with Crippen LogP contribution in [-0.2, 0) is 28.6 Å². The molecule has 0 aliphatic carbocycles. The van der Waals surface area contributed by atoms with Crippen LogP contribution in [0.5, 0.6) is 5.75 Å². The second-order valence-corrected chi connectivity index (χ2v) is 5.79. The van der Waals surface area contributed by atoms with Crippen molar-refractivity contribution in [3.8, 4) is 5.75 Å². The number of carbonyl (C=O) groups excluding carboxylic acids is 3. The molecule has 0 fully saturated rings. The Morgan fingerprint density at radius 1 is 1.19 bits per heavy atom. The Kier molecular flexibility index (Phi) is 6.32. The Morgan fingerprint density at radius 3 is 2.54 bits per heavy atom. The van der Waals surface area contributed by atoms with Crippen LogP contribution in [0, 0.1) is 6.92 Å². The fraction of sp³-hybridized carbons (Fsp3) is 0.444. The standard InChI is InChI=1S/C18H21NO7/c1-10-14(6-5-7-16(10)25-12(3)21)18-19-15(8-24-18)17(26-13(4)22)9-23-11(2)20/h5-7,15,17H,8-9H2,1-4H3. The van der Waals surface area contributed by atoms with E-state index in [0.29, 0.717) is 22.8 Å². The fourth-order valence-corrected chi connectivity index (χ4v) is 2.48. The molecule has 1 aromatic rings. The highest BCUT2D eigenvalue weighted by atomic mass is 16.6. The maximum absolute atomic E-state index is 11.3. The molecule has 2 unspecified atom stereocenters. The van der Waals surface area contributed by atoms with Gasteiger partial charge < -0.3 is 18.9 Å². The number of hydrogen-bond donors (Lipinski definition) is 0. The molecular weight excluding hydrogens is 342 g/mol. The van der Waals surface area contributed by atoms with Crippen LogP contribution in [0.15, 0.2) is 23.2 Å². The molecule has 140 valence electrons. The van der Waals surface area contributed by atoms with Gasteiger partial charge in [0.15, 0.2) is 6.10 Å². The zero-order chi connectivity index (χ0) is 19.3. The molecule has 1 aliphatic rings. The van der Waals surface area contributed by atoms with Gasteiger partial charge in [0.05, 0.1) is 0 Å². The Hall–Kier alpha value is -2.90. The van der Waals surface area contributed by atoms with Crippen molar-refractivity contribution in [1.82, 2.24) is 0 Å². The van der Waals surface area contributed by atoms with Gasteiger partial charge in [-0.25, -0.2) is 4.99 Å². The van der Waals surface area contributed by atoms with Crippen LogP contribution in [0.2, 0.25) is 0 Å². The number of nitrogens with zero attached hydrogens (tertiary/aromatic N) is 1. The third-order valence-electron chi connectivity index (χ3n) is 3.64. The van der Waals surface area contributed by atoms with Gasteiger partial charge in [0, 0.05) is 31.9 Å². The van der Waals surface area contributed by atoms with Gasteiger partial charge in [-0.1, -0.05) is 6.07 Å². The number of benzene rings is 1. The predicted octanol–water partition coefficient (Wildman–Crippen LogP) is 1.56. The number of aliphatic imine (C=N–C) groups is 1. The molecular formula is C18H21NO7. The molecule has 0 saturated heterocycles. The summed E-state index contributed by atoms with van der Waals surface area (Å²) in [6.07, 6.45) is -0.745. The lowest BCUT2D eigenvalue weighted by molar-refractivity contribution is -0.157. The monoisotopic (exact) mass is 363 g/mol. The van der Waals surface area contributed by atoms with Crippen molar-refractivity contribution < 1.29 is 33.3 Å². The summed E-state index contributed by atoms with van der Waals surface area (Å²) in [5.74, 6) is -0.634. The number of ether oxygens (including phenoxy) is 4. The lowest BCUT2D eigenvalue weighted by Gasteiger charge is -2.19. The van der Waals surface area contributed by atoms with Crippen molar-refractivity contribution in [3.05, 3.63) is 29.3 Å². The van der Waals surface area contributed by atoms with Crippen LogP contribution in [0.4, 0.5) is 0 Å². The van der Waals surface area contributed by atoms with Crippen molar-refractivity contribution in [2.24, 2.45) is 4.99 Å². The molecule has 26 heavy (non-hydrogen) atoms. The lowest BCUT2D eigenvalue weighted by atomic mass is 10.1. The smallest absolute Gasteiger partial charge is 0.308 e. The van der Waals surface area contributed by atoms with Gasteiger partial charge in [-0.15, -0.1) is 0 Å². The van der Waals surface area contributed by atoms with Crippen LogP contribution in [0.3, 0.4) is 0 Å². The largest absolute Gasteiger partial charge is 0.475 e. The van der Waals surface area contributed by atoms with E-state index in [0.717, 1.165) is 0 Å². The second-order valence-electron chi connectivity index (χ2n) is 5.79. The topological polar surface area (TPSA) is 100 Å². The Bertz CT molecular complexity index is 741. The summed E-state index contributed by atoms with van der Waals surface area (Å²) < 4.78 is 20.9. The SMILES string of the molecule is CC(=O)OCC(OC(C)=O)C1COC(c2cccc(OC(C)=O)c2C)=N1. The summed E-state index contributed by atoms with van der Waals surface area (Å²) in [6, 6.07) is 4.68. The summed E-state index contributed by atoms with van der Waals surface area (Å²) in [5.41, 5.74) is 1.37. The van der Waals surface area contributed by atoms with Crippen molar-refractivity contribution >= 4 is 23.8 Å². The van der Waals surface area contributed by atoms with Gasteiger partial charge in [0.2, 0.25) is 5.90 Å².